The summed E-state index contributed by atoms with van der Waals surface area (Å²) >= 11 is 0. The second-order valence-electron chi connectivity index (χ2n) is 6.22. The Labute approximate surface area is 165 Å². The molecule has 0 bridgehead atoms. The lowest BCUT2D eigenvalue weighted by Gasteiger charge is -2.07. The highest BCUT2D eigenvalue weighted by Crippen LogP contribution is 2.16. The third-order valence-corrected chi connectivity index (χ3v) is 5.17. The fourth-order valence-corrected chi connectivity index (χ4v) is 3.29. The molecule has 6 nitrogen and oxygen atoms in total. The van der Waals surface area contributed by atoms with Crippen molar-refractivity contribution in [2.45, 2.75) is 18.2 Å². The number of sulfone groups is 1. The summed E-state index contributed by atoms with van der Waals surface area (Å²) in [7, 11) is -3.22. The molecule has 3 rings (SSSR count). The van der Waals surface area contributed by atoms with E-state index < -0.39 is 9.84 Å². The third kappa shape index (κ3) is 5.23. The van der Waals surface area contributed by atoms with Gasteiger partial charge in [0.25, 0.3) is 0 Å². The van der Waals surface area contributed by atoms with Crippen molar-refractivity contribution in [3.05, 3.63) is 84.2 Å². The van der Waals surface area contributed by atoms with Crippen molar-refractivity contribution in [1.82, 2.24) is 5.10 Å². The molecule has 0 fully saturated rings. The number of hydrogen-bond donors (Lipinski definition) is 0. The van der Waals surface area contributed by atoms with Crippen LogP contribution in [0.4, 0.5) is 0 Å². The van der Waals surface area contributed by atoms with E-state index in [-0.39, 0.29) is 0 Å². The number of rotatable bonds is 7. The second-order valence-corrected chi connectivity index (χ2v) is 8.23. The zero-order chi connectivity index (χ0) is 20.0. The molecule has 144 valence electrons. The lowest BCUT2D eigenvalue weighted by Crippen LogP contribution is -2.33. The van der Waals surface area contributed by atoms with Crippen LogP contribution in [-0.2, 0) is 16.3 Å². The van der Waals surface area contributed by atoms with Crippen LogP contribution in [0.15, 0.2) is 83.1 Å². The van der Waals surface area contributed by atoms with Gasteiger partial charge in [-0.05, 0) is 55.0 Å². The molecule has 0 amide bonds. The molecular weight excluding hydrogens is 374 g/mol. The lowest BCUT2D eigenvalue weighted by atomic mass is 10.0. The van der Waals surface area contributed by atoms with Gasteiger partial charge in [0.15, 0.2) is 9.84 Å². The molecule has 0 spiro atoms. The molecule has 3 aromatic rings. The minimum atomic E-state index is -3.22. The maximum absolute atomic E-state index is 11.7. The zero-order valence-corrected chi connectivity index (χ0v) is 16.6. The second kappa shape index (κ2) is 8.75. The topological polar surface area (TPSA) is 72.5 Å². The van der Waals surface area contributed by atoms with Crippen LogP contribution >= 0.6 is 0 Å². The zero-order valence-electron chi connectivity index (χ0n) is 15.8. The Balaban J connectivity index is 1.93. The van der Waals surface area contributed by atoms with Gasteiger partial charge in [0.1, 0.15) is 11.5 Å². The van der Waals surface area contributed by atoms with E-state index >= 15 is 0 Å². The molecule has 7 heteroatoms. The van der Waals surface area contributed by atoms with Gasteiger partial charge in [-0.2, -0.15) is 0 Å². The Morgan fingerprint density at radius 2 is 1.79 bits per heavy atom. The fourth-order valence-electron chi connectivity index (χ4n) is 2.66. The van der Waals surface area contributed by atoms with Crippen molar-refractivity contribution < 1.29 is 17.9 Å². The van der Waals surface area contributed by atoms with E-state index in [1.807, 2.05) is 55.5 Å². The smallest absolute Gasteiger partial charge is 0.233 e. The molecule has 0 radical (unpaired) electrons. The standard InChI is InChI=1S/C21H22N3O3S/c1-3-27-19-10-8-18(9-11-19)21(23-24-15-5-4-14-22-24)16-17-6-12-20(13-7-17)28(2,25)26/h4-15H,3,16H2,1-2H3/q+1/b23-21-. The van der Waals surface area contributed by atoms with Crippen molar-refractivity contribution in [3.63, 3.8) is 0 Å². The van der Waals surface area contributed by atoms with Gasteiger partial charge in [-0.25, -0.2) is 8.42 Å². The minimum Gasteiger partial charge on any atom is -0.494 e. The molecule has 0 atom stereocenters. The van der Waals surface area contributed by atoms with E-state index in [9.17, 15) is 8.42 Å². The van der Waals surface area contributed by atoms with Crippen LogP contribution in [-0.4, -0.2) is 32.1 Å². The minimum absolute atomic E-state index is 0.301. The predicted octanol–water partition coefficient (Wildman–Crippen LogP) is 2.67. The highest BCUT2D eigenvalue weighted by atomic mass is 32.2. The first-order valence-corrected chi connectivity index (χ1v) is 10.8. The van der Waals surface area contributed by atoms with E-state index in [1.165, 1.54) is 11.0 Å². The third-order valence-electron chi connectivity index (χ3n) is 4.05. The Kier molecular flexibility index (Phi) is 6.16. The van der Waals surface area contributed by atoms with Gasteiger partial charge >= 0.3 is 0 Å². The van der Waals surface area contributed by atoms with Crippen LogP contribution in [0.1, 0.15) is 18.1 Å². The van der Waals surface area contributed by atoms with Gasteiger partial charge in [-0.1, -0.05) is 12.1 Å². The van der Waals surface area contributed by atoms with Crippen LogP contribution in [0.25, 0.3) is 0 Å². The maximum atomic E-state index is 11.7. The number of aromatic nitrogens is 2. The van der Waals surface area contributed by atoms with Crippen LogP contribution in [0.2, 0.25) is 0 Å². The predicted molar refractivity (Wildman–Crippen MR) is 107 cm³/mol. The Morgan fingerprint density at radius 3 is 2.36 bits per heavy atom. The van der Waals surface area contributed by atoms with Crippen LogP contribution in [0.3, 0.4) is 0 Å². The molecule has 0 saturated carbocycles. The highest BCUT2D eigenvalue weighted by molar-refractivity contribution is 7.90. The molecule has 2 aromatic carbocycles. The SMILES string of the molecule is CCOc1ccc(/C(Cc2ccc(S(C)(=O)=O)cc2)=N\[n+]2ccccn2)cc1. The monoisotopic (exact) mass is 396 g/mol. The summed E-state index contributed by atoms with van der Waals surface area (Å²) in [5.74, 6) is 0.800. The van der Waals surface area contributed by atoms with Crippen molar-refractivity contribution in [2.24, 2.45) is 5.10 Å². The summed E-state index contributed by atoms with van der Waals surface area (Å²) < 4.78 is 28.8. The van der Waals surface area contributed by atoms with Crippen molar-refractivity contribution >= 4 is 15.5 Å². The number of benzene rings is 2. The first kappa shape index (κ1) is 19.7. The fraction of sp³-hybridized carbons (Fsp3) is 0.190. The average molecular weight is 396 g/mol. The molecule has 28 heavy (non-hydrogen) atoms. The normalized spacial score (nSPS) is 12.0. The van der Waals surface area contributed by atoms with Crippen molar-refractivity contribution in [3.8, 4) is 5.75 Å². The van der Waals surface area contributed by atoms with Crippen LogP contribution in [0, 0.1) is 0 Å². The summed E-state index contributed by atoms with van der Waals surface area (Å²) in [6.07, 6.45) is 5.16. The van der Waals surface area contributed by atoms with Crippen LogP contribution < -0.4 is 9.53 Å². The largest absolute Gasteiger partial charge is 0.494 e. The highest BCUT2D eigenvalue weighted by Gasteiger charge is 2.12. The molecule has 1 heterocycles. The summed E-state index contributed by atoms with van der Waals surface area (Å²) in [4.78, 5) is 1.81. The number of ether oxygens (including phenoxy) is 1. The number of hydrogen-bond acceptors (Lipinski definition) is 5. The molecule has 1 aromatic heterocycles. The van der Waals surface area contributed by atoms with Gasteiger partial charge in [0.2, 0.25) is 6.20 Å². The molecule has 0 N–H and O–H groups in total. The average Bonchev–Trinajstić information content (AvgIpc) is 2.69. The van der Waals surface area contributed by atoms with Crippen LogP contribution in [0.5, 0.6) is 5.75 Å². The van der Waals surface area contributed by atoms with E-state index in [1.54, 1.807) is 24.5 Å². The van der Waals surface area contributed by atoms with Gasteiger partial charge in [0, 0.05) is 34.5 Å². The Hall–Kier alpha value is -3.06. The molecule has 0 unspecified atom stereocenters. The quantitative estimate of drug-likeness (QED) is 0.455. The maximum Gasteiger partial charge on any atom is 0.233 e. The van der Waals surface area contributed by atoms with Gasteiger partial charge in [-0.15, -0.1) is 0 Å². The summed E-state index contributed by atoms with van der Waals surface area (Å²) in [5, 5.41) is 8.84. The lowest BCUT2D eigenvalue weighted by molar-refractivity contribution is -0.737. The van der Waals surface area contributed by atoms with E-state index in [0.29, 0.717) is 17.9 Å². The summed E-state index contributed by atoms with van der Waals surface area (Å²) in [5.41, 5.74) is 2.70. The van der Waals surface area contributed by atoms with E-state index in [4.69, 9.17) is 4.74 Å². The van der Waals surface area contributed by atoms with Gasteiger partial charge < -0.3 is 4.74 Å². The first-order chi connectivity index (χ1) is 13.5. The number of nitrogens with zero attached hydrogens (tertiary/aromatic N) is 3. The van der Waals surface area contributed by atoms with Crippen molar-refractivity contribution in [2.75, 3.05) is 12.9 Å². The first-order valence-electron chi connectivity index (χ1n) is 8.89. The van der Waals surface area contributed by atoms with Crippen molar-refractivity contribution in [1.29, 1.82) is 0 Å². The van der Waals surface area contributed by atoms with E-state index in [0.717, 1.165) is 22.6 Å². The Morgan fingerprint density at radius 1 is 1.07 bits per heavy atom. The molecular formula is C21H22N3O3S+. The Bertz CT molecular complexity index is 1050. The molecule has 0 aliphatic carbocycles. The van der Waals surface area contributed by atoms with Gasteiger partial charge in [-0.3, -0.25) is 0 Å². The van der Waals surface area contributed by atoms with E-state index in [2.05, 4.69) is 10.2 Å². The summed E-state index contributed by atoms with van der Waals surface area (Å²) in [6, 6.07) is 18.3. The molecule has 0 aliphatic heterocycles. The van der Waals surface area contributed by atoms with Gasteiger partial charge in [0.05, 0.1) is 22.5 Å². The summed E-state index contributed by atoms with van der Waals surface area (Å²) in [6.45, 7) is 2.55. The molecule has 0 saturated heterocycles. The molecule has 0 aliphatic rings.